The van der Waals surface area contributed by atoms with Gasteiger partial charge >= 0.3 is 0 Å². The van der Waals surface area contributed by atoms with Gasteiger partial charge < -0.3 is 14.6 Å². The molecule has 25 heavy (non-hydrogen) atoms. The van der Waals surface area contributed by atoms with Crippen LogP contribution >= 0.6 is 0 Å². The number of piperidine rings is 1. The number of sulfonamides is 1. The van der Waals surface area contributed by atoms with E-state index in [0.29, 0.717) is 45.8 Å². The Morgan fingerprint density at radius 2 is 2.16 bits per heavy atom. The summed E-state index contributed by atoms with van der Waals surface area (Å²) >= 11 is 0. The molecule has 9 heteroatoms. The highest BCUT2D eigenvalue weighted by Crippen LogP contribution is 2.45. The van der Waals surface area contributed by atoms with Gasteiger partial charge in [0.05, 0.1) is 25.0 Å². The first-order chi connectivity index (χ1) is 12.0. The third kappa shape index (κ3) is 2.73. The summed E-state index contributed by atoms with van der Waals surface area (Å²) in [6.07, 6.45) is 4.11. The molecule has 0 amide bonds. The molecule has 0 unspecified atom stereocenters. The zero-order valence-corrected chi connectivity index (χ0v) is 15.2. The molecule has 4 heterocycles. The molecular formula is C16H25N3O5S. The molecule has 0 aliphatic carbocycles. The standard InChI is InChI=1S/C16H25N3O5S/c1-2-18-9-13(7-17-18)25(21,22)19-8-12-10-24-6-4-16(12,20)14-11-23-5-3-15(14)19/h7,9,12,14-15,20H,2-6,8,10-11H2,1H3/t12-,14+,15-,16-/m1/s1. The molecule has 3 fully saturated rings. The van der Waals surface area contributed by atoms with Gasteiger partial charge in [-0.3, -0.25) is 4.68 Å². The van der Waals surface area contributed by atoms with Crippen molar-refractivity contribution in [1.29, 1.82) is 0 Å². The molecule has 3 saturated heterocycles. The zero-order chi connectivity index (χ0) is 17.7. The van der Waals surface area contributed by atoms with E-state index in [1.807, 2.05) is 6.92 Å². The fourth-order valence-corrected chi connectivity index (χ4v) is 6.16. The van der Waals surface area contributed by atoms with Crippen molar-refractivity contribution >= 4 is 10.0 Å². The monoisotopic (exact) mass is 371 g/mol. The van der Waals surface area contributed by atoms with Crippen molar-refractivity contribution in [3.05, 3.63) is 12.4 Å². The maximum absolute atomic E-state index is 13.3. The Kier molecular flexibility index (Phi) is 4.40. The number of nitrogens with zero attached hydrogens (tertiary/aromatic N) is 3. The van der Waals surface area contributed by atoms with Crippen LogP contribution < -0.4 is 0 Å². The number of aromatic nitrogens is 2. The van der Waals surface area contributed by atoms with Crippen LogP contribution in [0.4, 0.5) is 0 Å². The highest BCUT2D eigenvalue weighted by atomic mass is 32.2. The molecule has 1 N–H and O–H groups in total. The lowest BCUT2D eigenvalue weighted by Crippen LogP contribution is -2.68. The van der Waals surface area contributed by atoms with E-state index < -0.39 is 15.6 Å². The third-order valence-electron chi connectivity index (χ3n) is 5.95. The van der Waals surface area contributed by atoms with E-state index in [4.69, 9.17) is 9.47 Å². The van der Waals surface area contributed by atoms with Gasteiger partial charge in [0, 0.05) is 56.8 Å². The average molecular weight is 371 g/mol. The minimum Gasteiger partial charge on any atom is -0.389 e. The molecule has 1 aromatic heterocycles. The molecule has 3 aliphatic heterocycles. The van der Waals surface area contributed by atoms with Crippen LogP contribution in [-0.2, 0) is 26.0 Å². The Balaban J connectivity index is 1.71. The summed E-state index contributed by atoms with van der Waals surface area (Å²) in [5.74, 6) is -0.458. The molecule has 4 rings (SSSR count). The molecule has 3 aliphatic rings. The van der Waals surface area contributed by atoms with Crippen molar-refractivity contribution in [2.75, 3.05) is 33.0 Å². The third-order valence-corrected chi connectivity index (χ3v) is 7.79. The van der Waals surface area contributed by atoms with E-state index in [2.05, 4.69) is 5.10 Å². The van der Waals surface area contributed by atoms with Gasteiger partial charge in [0.1, 0.15) is 4.90 Å². The summed E-state index contributed by atoms with van der Waals surface area (Å²) < 4.78 is 40.8. The summed E-state index contributed by atoms with van der Waals surface area (Å²) in [5.41, 5.74) is -0.914. The maximum Gasteiger partial charge on any atom is 0.246 e. The summed E-state index contributed by atoms with van der Waals surface area (Å²) in [6, 6.07) is -0.247. The zero-order valence-electron chi connectivity index (χ0n) is 14.4. The van der Waals surface area contributed by atoms with E-state index >= 15 is 0 Å². The Bertz CT molecular complexity index is 736. The SMILES string of the molecule is CCn1cc(S(=O)(=O)N2C[C@@H]3COCC[C@]3(O)[C@H]3COCC[C@H]32)cn1. The van der Waals surface area contributed by atoms with Crippen LogP contribution in [0.3, 0.4) is 0 Å². The predicted octanol–water partition coefficient (Wildman–Crippen LogP) is 0.0800. The van der Waals surface area contributed by atoms with Crippen molar-refractivity contribution in [2.45, 2.75) is 42.8 Å². The van der Waals surface area contributed by atoms with Crippen molar-refractivity contribution in [2.24, 2.45) is 11.8 Å². The van der Waals surface area contributed by atoms with Crippen LogP contribution in [0.2, 0.25) is 0 Å². The molecule has 8 nitrogen and oxygen atoms in total. The van der Waals surface area contributed by atoms with Crippen molar-refractivity contribution < 1.29 is 23.0 Å². The number of rotatable bonds is 3. The van der Waals surface area contributed by atoms with Crippen LogP contribution in [-0.4, -0.2) is 72.2 Å². The van der Waals surface area contributed by atoms with Crippen LogP contribution in [0.5, 0.6) is 0 Å². The van der Waals surface area contributed by atoms with Crippen molar-refractivity contribution in [3.63, 3.8) is 0 Å². The molecule has 0 radical (unpaired) electrons. The van der Waals surface area contributed by atoms with Crippen molar-refractivity contribution in [3.8, 4) is 0 Å². The van der Waals surface area contributed by atoms with Gasteiger partial charge in [-0.1, -0.05) is 0 Å². The summed E-state index contributed by atoms with van der Waals surface area (Å²) in [5, 5.41) is 15.4. The van der Waals surface area contributed by atoms with E-state index in [0.717, 1.165) is 0 Å². The Hall–Kier alpha value is -1.00. The molecule has 1 aromatic rings. The molecule has 0 saturated carbocycles. The van der Waals surface area contributed by atoms with Gasteiger partial charge in [-0.25, -0.2) is 8.42 Å². The summed E-state index contributed by atoms with van der Waals surface area (Å²) in [6.45, 7) is 4.59. The van der Waals surface area contributed by atoms with E-state index in [1.165, 1.54) is 6.20 Å². The minimum atomic E-state index is -3.67. The van der Waals surface area contributed by atoms with Gasteiger partial charge in [0.25, 0.3) is 0 Å². The van der Waals surface area contributed by atoms with E-state index in [1.54, 1.807) is 15.2 Å². The molecule has 0 bridgehead atoms. The Morgan fingerprint density at radius 1 is 1.36 bits per heavy atom. The van der Waals surface area contributed by atoms with Gasteiger partial charge in [-0.2, -0.15) is 9.40 Å². The predicted molar refractivity (Wildman–Crippen MR) is 88.4 cm³/mol. The minimum absolute atomic E-state index is 0.210. The molecule has 0 aromatic carbocycles. The lowest BCUT2D eigenvalue weighted by atomic mass is 9.67. The van der Waals surface area contributed by atoms with Gasteiger partial charge in [0.2, 0.25) is 10.0 Å². The van der Waals surface area contributed by atoms with Gasteiger partial charge in [0.15, 0.2) is 0 Å². The molecule has 4 atom stereocenters. The Labute approximate surface area is 147 Å². The molecule has 0 spiro atoms. The second-order valence-corrected chi connectivity index (χ2v) is 9.05. The largest absolute Gasteiger partial charge is 0.389 e. The number of hydrogen-bond acceptors (Lipinski definition) is 6. The number of hydrogen-bond donors (Lipinski definition) is 1. The highest BCUT2D eigenvalue weighted by molar-refractivity contribution is 7.89. The fraction of sp³-hybridized carbons (Fsp3) is 0.812. The van der Waals surface area contributed by atoms with Crippen LogP contribution in [0.25, 0.3) is 0 Å². The average Bonchev–Trinajstić information content (AvgIpc) is 3.11. The van der Waals surface area contributed by atoms with Crippen LogP contribution in [0, 0.1) is 11.8 Å². The number of ether oxygens (including phenoxy) is 2. The van der Waals surface area contributed by atoms with Crippen molar-refractivity contribution in [1.82, 2.24) is 14.1 Å². The first-order valence-corrected chi connectivity index (χ1v) is 10.3. The normalized spacial score (nSPS) is 36.6. The number of aryl methyl sites for hydroxylation is 1. The second-order valence-electron chi connectivity index (χ2n) is 7.16. The topological polar surface area (TPSA) is 93.9 Å². The number of aliphatic hydroxyl groups is 1. The lowest BCUT2D eigenvalue weighted by molar-refractivity contribution is -0.207. The van der Waals surface area contributed by atoms with Crippen LogP contribution in [0.15, 0.2) is 17.3 Å². The quantitative estimate of drug-likeness (QED) is 0.809. The van der Waals surface area contributed by atoms with Gasteiger partial charge in [-0.15, -0.1) is 0 Å². The molecule has 140 valence electrons. The molecular weight excluding hydrogens is 346 g/mol. The summed E-state index contributed by atoms with van der Waals surface area (Å²) in [4.78, 5) is 0.210. The lowest BCUT2D eigenvalue weighted by Gasteiger charge is -2.56. The van der Waals surface area contributed by atoms with Gasteiger partial charge in [-0.05, 0) is 13.3 Å². The maximum atomic E-state index is 13.3. The first kappa shape index (κ1) is 17.4. The number of fused-ring (bicyclic) bond motifs is 3. The highest BCUT2D eigenvalue weighted by Gasteiger charge is 2.57. The fourth-order valence-electron chi connectivity index (χ4n) is 4.47. The van der Waals surface area contributed by atoms with E-state index in [9.17, 15) is 13.5 Å². The summed E-state index contributed by atoms with van der Waals surface area (Å²) in [7, 11) is -3.67. The smallest absolute Gasteiger partial charge is 0.246 e. The second kappa shape index (κ2) is 6.31. The Morgan fingerprint density at radius 3 is 2.92 bits per heavy atom. The van der Waals surface area contributed by atoms with Crippen LogP contribution in [0.1, 0.15) is 19.8 Å². The van der Waals surface area contributed by atoms with E-state index in [-0.39, 0.29) is 29.3 Å². The first-order valence-electron chi connectivity index (χ1n) is 8.89.